The molecule has 0 saturated heterocycles. The van der Waals surface area contributed by atoms with Gasteiger partial charge in [0.2, 0.25) is 0 Å². The van der Waals surface area contributed by atoms with E-state index in [1.165, 1.54) is 4.68 Å². The van der Waals surface area contributed by atoms with Gasteiger partial charge >= 0.3 is 0 Å². The molecule has 0 fully saturated rings. The van der Waals surface area contributed by atoms with Crippen LogP contribution in [0, 0.1) is 18.8 Å². The van der Waals surface area contributed by atoms with Gasteiger partial charge in [0.1, 0.15) is 17.2 Å². The summed E-state index contributed by atoms with van der Waals surface area (Å²) in [7, 11) is 1.72. The van der Waals surface area contributed by atoms with Gasteiger partial charge in [-0.15, -0.1) is 0 Å². The Morgan fingerprint density at radius 2 is 2.30 bits per heavy atom. The Labute approximate surface area is 117 Å². The highest BCUT2D eigenvalue weighted by Gasteiger charge is 2.12. The molecule has 2 rings (SSSR count). The lowest BCUT2D eigenvalue weighted by molar-refractivity contribution is 0.101. The summed E-state index contributed by atoms with van der Waals surface area (Å²) < 4.78 is 1.53. The van der Waals surface area contributed by atoms with E-state index in [9.17, 15) is 4.79 Å². The van der Waals surface area contributed by atoms with Crippen LogP contribution in [0.1, 0.15) is 21.9 Å². The standard InChI is InChI=1S/C14H15N5O/c1-10-9-12(19(2)18-10)14(20)17-13-7-3-5-11(16-13)6-4-8-15/h3,5,7,9H,8,15H2,1-2H3,(H,16,17,20). The highest BCUT2D eigenvalue weighted by atomic mass is 16.2. The van der Waals surface area contributed by atoms with Crippen molar-refractivity contribution in [3.8, 4) is 11.8 Å². The van der Waals surface area contributed by atoms with Crippen molar-refractivity contribution in [2.75, 3.05) is 11.9 Å². The average Bonchev–Trinajstić information content (AvgIpc) is 2.76. The number of nitrogens with two attached hydrogens (primary N) is 1. The molecule has 0 unspecified atom stereocenters. The molecular weight excluding hydrogens is 254 g/mol. The second-order valence-corrected chi connectivity index (χ2v) is 4.16. The smallest absolute Gasteiger partial charge is 0.275 e. The van der Waals surface area contributed by atoms with Crippen LogP contribution in [0.3, 0.4) is 0 Å². The molecule has 0 bridgehead atoms. The van der Waals surface area contributed by atoms with Crippen molar-refractivity contribution in [3.63, 3.8) is 0 Å². The predicted octanol–water partition coefficient (Wildman–Crippen LogP) is 0.686. The topological polar surface area (TPSA) is 85.8 Å². The molecule has 0 spiro atoms. The van der Waals surface area contributed by atoms with Crippen LogP contribution in [0.25, 0.3) is 0 Å². The number of nitrogens with zero attached hydrogens (tertiary/aromatic N) is 3. The number of anilines is 1. The van der Waals surface area contributed by atoms with Gasteiger partial charge in [0.25, 0.3) is 5.91 Å². The van der Waals surface area contributed by atoms with Crippen LogP contribution in [0.15, 0.2) is 24.3 Å². The summed E-state index contributed by atoms with van der Waals surface area (Å²) in [5.41, 5.74) is 7.13. The minimum absolute atomic E-state index is 0.260. The summed E-state index contributed by atoms with van der Waals surface area (Å²) in [6.45, 7) is 2.10. The first kappa shape index (κ1) is 13.8. The quantitative estimate of drug-likeness (QED) is 0.785. The first-order chi connectivity index (χ1) is 9.60. The molecule has 0 aromatic carbocycles. The Kier molecular flexibility index (Phi) is 4.13. The first-order valence-corrected chi connectivity index (χ1v) is 6.08. The maximum atomic E-state index is 12.1. The fourth-order valence-corrected chi connectivity index (χ4v) is 1.72. The number of hydrogen-bond donors (Lipinski definition) is 2. The number of aromatic nitrogens is 3. The zero-order valence-electron chi connectivity index (χ0n) is 11.3. The third kappa shape index (κ3) is 3.22. The molecule has 0 atom stereocenters. The number of rotatable bonds is 2. The van der Waals surface area contributed by atoms with E-state index in [1.807, 2.05) is 6.92 Å². The van der Waals surface area contributed by atoms with Crippen LogP contribution in [-0.2, 0) is 7.05 Å². The highest BCUT2D eigenvalue weighted by Crippen LogP contribution is 2.08. The minimum Gasteiger partial charge on any atom is -0.320 e. The normalized spacial score (nSPS) is 9.75. The van der Waals surface area contributed by atoms with Crippen molar-refractivity contribution in [1.29, 1.82) is 0 Å². The largest absolute Gasteiger partial charge is 0.320 e. The van der Waals surface area contributed by atoms with Crippen molar-refractivity contribution >= 4 is 11.7 Å². The number of amides is 1. The lowest BCUT2D eigenvalue weighted by Gasteiger charge is -2.04. The molecule has 102 valence electrons. The predicted molar refractivity (Wildman–Crippen MR) is 76.1 cm³/mol. The van der Waals surface area contributed by atoms with Gasteiger partial charge in [0.05, 0.1) is 12.2 Å². The van der Waals surface area contributed by atoms with Gasteiger partial charge in [-0.2, -0.15) is 5.10 Å². The Bertz CT molecular complexity index is 693. The van der Waals surface area contributed by atoms with Gasteiger partial charge in [0, 0.05) is 7.05 Å². The minimum atomic E-state index is -0.260. The summed E-state index contributed by atoms with van der Waals surface area (Å²) >= 11 is 0. The zero-order valence-corrected chi connectivity index (χ0v) is 11.3. The zero-order chi connectivity index (χ0) is 14.5. The maximum Gasteiger partial charge on any atom is 0.275 e. The Hall–Kier alpha value is -2.65. The molecular formula is C14H15N5O. The summed E-state index contributed by atoms with van der Waals surface area (Å²) in [6, 6.07) is 6.95. The van der Waals surface area contributed by atoms with Gasteiger partial charge in [-0.3, -0.25) is 9.48 Å². The fourth-order valence-electron chi connectivity index (χ4n) is 1.72. The van der Waals surface area contributed by atoms with Crippen LogP contribution < -0.4 is 11.1 Å². The van der Waals surface area contributed by atoms with E-state index in [4.69, 9.17) is 5.73 Å². The van der Waals surface area contributed by atoms with E-state index >= 15 is 0 Å². The fraction of sp³-hybridized carbons (Fsp3) is 0.214. The third-order valence-corrected chi connectivity index (χ3v) is 2.54. The number of carbonyl (C=O) groups excluding carboxylic acids is 1. The molecule has 20 heavy (non-hydrogen) atoms. The van der Waals surface area contributed by atoms with E-state index in [2.05, 4.69) is 27.2 Å². The highest BCUT2D eigenvalue weighted by molar-refractivity contribution is 6.02. The monoisotopic (exact) mass is 269 g/mol. The molecule has 0 aliphatic carbocycles. The van der Waals surface area contributed by atoms with Crippen LogP contribution in [0.5, 0.6) is 0 Å². The second-order valence-electron chi connectivity index (χ2n) is 4.16. The molecule has 2 aromatic heterocycles. The third-order valence-electron chi connectivity index (χ3n) is 2.54. The molecule has 0 aliphatic heterocycles. The van der Waals surface area contributed by atoms with Gasteiger partial charge in [0.15, 0.2) is 0 Å². The van der Waals surface area contributed by atoms with Crippen molar-refractivity contribution < 1.29 is 4.79 Å². The molecule has 0 radical (unpaired) electrons. The molecule has 3 N–H and O–H groups in total. The number of pyridine rings is 1. The SMILES string of the molecule is Cc1cc(C(=O)Nc2cccc(C#CCN)n2)n(C)n1. The molecule has 6 nitrogen and oxygen atoms in total. The van der Waals surface area contributed by atoms with Crippen LogP contribution in [0.2, 0.25) is 0 Å². The molecule has 2 heterocycles. The summed E-state index contributed by atoms with van der Waals surface area (Å²) in [5.74, 6) is 5.72. The van der Waals surface area contributed by atoms with E-state index in [0.29, 0.717) is 17.2 Å². The van der Waals surface area contributed by atoms with Gasteiger partial charge in [-0.05, 0) is 31.0 Å². The Morgan fingerprint density at radius 1 is 1.50 bits per heavy atom. The average molecular weight is 269 g/mol. The van der Waals surface area contributed by atoms with Crippen molar-refractivity contribution in [2.45, 2.75) is 6.92 Å². The molecule has 2 aromatic rings. The number of hydrogen-bond acceptors (Lipinski definition) is 4. The van der Waals surface area contributed by atoms with Crippen molar-refractivity contribution in [1.82, 2.24) is 14.8 Å². The number of carbonyl (C=O) groups is 1. The summed E-state index contributed by atoms with van der Waals surface area (Å²) in [4.78, 5) is 16.3. The van der Waals surface area contributed by atoms with Crippen molar-refractivity contribution in [2.24, 2.45) is 12.8 Å². The molecule has 0 saturated carbocycles. The van der Waals surface area contributed by atoms with Crippen molar-refractivity contribution in [3.05, 3.63) is 41.3 Å². The number of nitrogens with one attached hydrogen (secondary N) is 1. The van der Waals surface area contributed by atoms with Gasteiger partial charge in [-0.1, -0.05) is 12.0 Å². The number of aryl methyl sites for hydroxylation is 2. The van der Waals surface area contributed by atoms with Crippen LogP contribution in [0.4, 0.5) is 5.82 Å². The van der Waals surface area contributed by atoms with E-state index in [1.54, 1.807) is 31.3 Å². The Balaban J connectivity index is 2.17. The summed E-state index contributed by atoms with van der Waals surface area (Å²) in [6.07, 6.45) is 0. The van der Waals surface area contributed by atoms with Crippen LogP contribution >= 0.6 is 0 Å². The van der Waals surface area contributed by atoms with E-state index in [-0.39, 0.29) is 12.5 Å². The van der Waals surface area contributed by atoms with Gasteiger partial charge < -0.3 is 11.1 Å². The lowest BCUT2D eigenvalue weighted by Crippen LogP contribution is -2.16. The summed E-state index contributed by atoms with van der Waals surface area (Å²) in [5, 5.41) is 6.85. The van der Waals surface area contributed by atoms with E-state index in [0.717, 1.165) is 5.69 Å². The maximum absolute atomic E-state index is 12.1. The van der Waals surface area contributed by atoms with Gasteiger partial charge in [-0.25, -0.2) is 4.98 Å². The Morgan fingerprint density at radius 3 is 2.95 bits per heavy atom. The lowest BCUT2D eigenvalue weighted by atomic mass is 10.3. The molecule has 6 heteroatoms. The first-order valence-electron chi connectivity index (χ1n) is 6.08. The van der Waals surface area contributed by atoms with E-state index < -0.39 is 0 Å². The second kappa shape index (κ2) is 5.99. The van der Waals surface area contributed by atoms with Crippen LogP contribution in [-0.4, -0.2) is 27.2 Å². The molecule has 1 amide bonds. The molecule has 0 aliphatic rings.